The van der Waals surface area contributed by atoms with Gasteiger partial charge in [-0.3, -0.25) is 4.79 Å². The molecule has 2 aromatic rings. The number of pyridine rings is 1. The molecule has 1 fully saturated rings. The second kappa shape index (κ2) is 7.45. The van der Waals surface area contributed by atoms with Crippen molar-refractivity contribution < 1.29 is 13.2 Å². The molecular formula is C19H23N3O3S. The van der Waals surface area contributed by atoms with Crippen molar-refractivity contribution in [3.63, 3.8) is 0 Å². The van der Waals surface area contributed by atoms with Crippen LogP contribution in [0.2, 0.25) is 0 Å². The maximum atomic E-state index is 12.3. The fourth-order valence-corrected chi connectivity index (χ4v) is 4.88. The number of aryl methyl sites for hydroxylation is 1. The zero-order chi connectivity index (χ0) is 18.7. The molecule has 7 heteroatoms. The Morgan fingerprint density at radius 2 is 2.12 bits per heavy atom. The third-order valence-corrected chi connectivity index (χ3v) is 6.41. The summed E-state index contributed by atoms with van der Waals surface area (Å²) in [5.74, 6) is 0.865. The van der Waals surface area contributed by atoms with Gasteiger partial charge in [-0.1, -0.05) is 29.8 Å². The molecule has 6 nitrogen and oxygen atoms in total. The molecule has 0 radical (unpaired) electrons. The molecule has 0 saturated carbocycles. The summed E-state index contributed by atoms with van der Waals surface area (Å²) in [6.07, 6.45) is 2.14. The summed E-state index contributed by atoms with van der Waals surface area (Å²) in [6, 6.07) is 11.4. The Bertz CT molecular complexity index is 895. The summed E-state index contributed by atoms with van der Waals surface area (Å²) in [5, 5.41) is 2.89. The highest BCUT2D eigenvalue weighted by Gasteiger charge is 2.31. The van der Waals surface area contributed by atoms with Gasteiger partial charge in [0.2, 0.25) is 0 Å². The van der Waals surface area contributed by atoms with Crippen LogP contribution in [0.3, 0.4) is 0 Å². The van der Waals surface area contributed by atoms with E-state index < -0.39 is 9.84 Å². The number of nitrogens with zero attached hydrogens (tertiary/aromatic N) is 2. The Hall–Kier alpha value is -2.41. The van der Waals surface area contributed by atoms with Crippen molar-refractivity contribution >= 4 is 21.6 Å². The Morgan fingerprint density at radius 1 is 1.31 bits per heavy atom. The molecule has 0 spiro atoms. The van der Waals surface area contributed by atoms with Gasteiger partial charge in [-0.25, -0.2) is 13.4 Å². The van der Waals surface area contributed by atoms with Crippen LogP contribution in [0.25, 0.3) is 0 Å². The van der Waals surface area contributed by atoms with Gasteiger partial charge in [0.25, 0.3) is 5.91 Å². The highest BCUT2D eigenvalue weighted by molar-refractivity contribution is 7.91. The number of hydrogen-bond acceptors (Lipinski definition) is 5. The largest absolute Gasteiger partial charge is 0.356 e. The van der Waals surface area contributed by atoms with Gasteiger partial charge in [0.15, 0.2) is 9.84 Å². The van der Waals surface area contributed by atoms with Crippen molar-refractivity contribution in [3.8, 4) is 0 Å². The SMILES string of the molecule is Cc1cccc(CNC(=O)c2ccc(N(C)C3CCS(=O)(=O)C3)nc2)c1. The third-order valence-electron chi connectivity index (χ3n) is 4.66. The van der Waals surface area contributed by atoms with E-state index in [4.69, 9.17) is 0 Å². The van der Waals surface area contributed by atoms with Crippen molar-refractivity contribution in [2.75, 3.05) is 23.5 Å². The minimum Gasteiger partial charge on any atom is -0.356 e. The van der Waals surface area contributed by atoms with Crippen LogP contribution in [0.15, 0.2) is 42.6 Å². The van der Waals surface area contributed by atoms with Gasteiger partial charge >= 0.3 is 0 Å². The van der Waals surface area contributed by atoms with Crippen LogP contribution in [-0.2, 0) is 16.4 Å². The highest BCUT2D eigenvalue weighted by Crippen LogP contribution is 2.21. The summed E-state index contributed by atoms with van der Waals surface area (Å²) in [5.41, 5.74) is 2.68. The molecule has 26 heavy (non-hydrogen) atoms. The van der Waals surface area contributed by atoms with E-state index in [-0.39, 0.29) is 23.5 Å². The van der Waals surface area contributed by atoms with E-state index in [0.717, 1.165) is 11.1 Å². The maximum absolute atomic E-state index is 12.3. The molecule has 0 bridgehead atoms. The predicted octanol–water partition coefficient (Wildman–Crippen LogP) is 1.94. The topological polar surface area (TPSA) is 79.4 Å². The average molecular weight is 373 g/mol. The lowest BCUT2D eigenvalue weighted by atomic mass is 10.1. The Morgan fingerprint density at radius 3 is 2.73 bits per heavy atom. The first kappa shape index (κ1) is 18.4. The van der Waals surface area contributed by atoms with Gasteiger partial charge in [0, 0.05) is 25.8 Å². The van der Waals surface area contributed by atoms with Crippen LogP contribution in [0.4, 0.5) is 5.82 Å². The van der Waals surface area contributed by atoms with Crippen LogP contribution >= 0.6 is 0 Å². The molecule has 138 valence electrons. The van der Waals surface area contributed by atoms with Gasteiger partial charge in [0.05, 0.1) is 17.1 Å². The molecule has 1 saturated heterocycles. The highest BCUT2D eigenvalue weighted by atomic mass is 32.2. The summed E-state index contributed by atoms with van der Waals surface area (Å²) in [6.45, 7) is 2.47. The summed E-state index contributed by atoms with van der Waals surface area (Å²) in [4.78, 5) is 18.5. The number of sulfone groups is 1. The molecule has 1 N–H and O–H groups in total. The Balaban J connectivity index is 1.61. The molecule has 1 atom stereocenters. The summed E-state index contributed by atoms with van der Waals surface area (Å²) in [7, 11) is -1.10. The van der Waals surface area contributed by atoms with Gasteiger partial charge in [-0.05, 0) is 31.0 Å². The van der Waals surface area contributed by atoms with Crippen LogP contribution in [-0.4, -0.2) is 43.9 Å². The molecule has 1 aliphatic rings. The Kier molecular flexibility index (Phi) is 5.27. The molecule has 1 aliphatic heterocycles. The number of aromatic nitrogens is 1. The van der Waals surface area contributed by atoms with E-state index in [1.54, 1.807) is 12.1 Å². The fourth-order valence-electron chi connectivity index (χ4n) is 3.10. The minimum atomic E-state index is -2.94. The van der Waals surface area contributed by atoms with Crippen LogP contribution in [0.1, 0.15) is 27.9 Å². The molecule has 3 rings (SSSR count). The maximum Gasteiger partial charge on any atom is 0.253 e. The van der Waals surface area contributed by atoms with Crippen LogP contribution in [0.5, 0.6) is 0 Å². The average Bonchev–Trinajstić information content (AvgIpc) is 2.99. The number of amides is 1. The van der Waals surface area contributed by atoms with E-state index in [2.05, 4.69) is 10.3 Å². The van der Waals surface area contributed by atoms with Crippen LogP contribution < -0.4 is 10.2 Å². The number of rotatable bonds is 5. The normalized spacial score (nSPS) is 18.5. The number of nitrogens with one attached hydrogen (secondary N) is 1. The summed E-state index contributed by atoms with van der Waals surface area (Å²) < 4.78 is 23.3. The molecule has 1 amide bonds. The lowest BCUT2D eigenvalue weighted by Crippen LogP contribution is -2.33. The molecule has 1 aromatic heterocycles. The third kappa shape index (κ3) is 4.40. The van der Waals surface area contributed by atoms with Gasteiger partial charge in [0.1, 0.15) is 5.82 Å². The van der Waals surface area contributed by atoms with Gasteiger partial charge in [-0.2, -0.15) is 0 Å². The molecule has 1 aromatic carbocycles. The predicted molar refractivity (Wildman–Crippen MR) is 102 cm³/mol. The zero-order valence-corrected chi connectivity index (χ0v) is 15.8. The second-order valence-corrected chi connectivity index (χ2v) is 8.97. The first-order valence-electron chi connectivity index (χ1n) is 8.57. The van der Waals surface area contributed by atoms with E-state index in [1.807, 2.05) is 43.1 Å². The number of anilines is 1. The van der Waals surface area contributed by atoms with Crippen molar-refractivity contribution in [2.45, 2.75) is 25.9 Å². The zero-order valence-electron chi connectivity index (χ0n) is 15.0. The fraction of sp³-hybridized carbons (Fsp3) is 0.368. The number of carbonyl (C=O) groups is 1. The van der Waals surface area contributed by atoms with E-state index >= 15 is 0 Å². The van der Waals surface area contributed by atoms with Gasteiger partial charge < -0.3 is 10.2 Å². The lowest BCUT2D eigenvalue weighted by molar-refractivity contribution is 0.0950. The lowest BCUT2D eigenvalue weighted by Gasteiger charge is -2.24. The Labute approximate surface area is 154 Å². The number of benzene rings is 1. The quantitative estimate of drug-likeness (QED) is 0.866. The van der Waals surface area contributed by atoms with E-state index in [1.165, 1.54) is 6.20 Å². The first-order chi connectivity index (χ1) is 12.3. The smallest absolute Gasteiger partial charge is 0.253 e. The molecule has 0 aliphatic carbocycles. The monoisotopic (exact) mass is 373 g/mol. The molecular weight excluding hydrogens is 350 g/mol. The molecule has 2 heterocycles. The van der Waals surface area contributed by atoms with Crippen molar-refractivity contribution in [1.29, 1.82) is 0 Å². The van der Waals surface area contributed by atoms with E-state index in [0.29, 0.717) is 24.3 Å². The minimum absolute atomic E-state index is 0.0616. The van der Waals surface area contributed by atoms with Gasteiger partial charge in [-0.15, -0.1) is 0 Å². The van der Waals surface area contributed by atoms with E-state index in [9.17, 15) is 13.2 Å². The second-order valence-electron chi connectivity index (χ2n) is 6.74. The standard InChI is InChI=1S/C19H23N3O3S/c1-14-4-3-5-15(10-14)11-21-19(23)16-6-7-18(20-12-16)22(2)17-8-9-26(24,25)13-17/h3-7,10,12,17H,8-9,11,13H2,1-2H3,(H,21,23). The number of hydrogen-bond donors (Lipinski definition) is 1. The summed E-state index contributed by atoms with van der Waals surface area (Å²) >= 11 is 0. The van der Waals surface area contributed by atoms with Crippen molar-refractivity contribution in [1.82, 2.24) is 10.3 Å². The first-order valence-corrected chi connectivity index (χ1v) is 10.4. The van der Waals surface area contributed by atoms with Crippen molar-refractivity contribution in [3.05, 3.63) is 59.3 Å². The number of carbonyl (C=O) groups excluding carboxylic acids is 1. The van der Waals surface area contributed by atoms with Crippen LogP contribution in [0, 0.1) is 6.92 Å². The molecule has 1 unspecified atom stereocenters. The van der Waals surface area contributed by atoms with Crippen molar-refractivity contribution in [2.24, 2.45) is 0 Å².